The first-order valence-electron chi connectivity index (χ1n) is 4.35. The van der Waals surface area contributed by atoms with E-state index in [1.807, 2.05) is 0 Å². The van der Waals surface area contributed by atoms with E-state index < -0.39 is 22.7 Å². The van der Waals surface area contributed by atoms with Crippen molar-refractivity contribution in [2.45, 2.75) is 12.8 Å². The third kappa shape index (κ3) is 1.47. The lowest BCUT2D eigenvalue weighted by atomic mass is 10.1. The molecule has 1 heterocycles. The number of nitro benzene ring substituents is 1. The monoisotopic (exact) mass is 212 g/mol. The van der Waals surface area contributed by atoms with Gasteiger partial charge in [-0.05, 0) is 18.7 Å². The molecule has 80 valence electrons. The Labute approximate surface area is 84.9 Å². The fraction of sp³-hybridized carbons (Fsp3) is 0.333. The molecule has 1 atom stereocenters. The first-order valence-corrected chi connectivity index (χ1v) is 4.35. The minimum Gasteiger partial charge on any atom is -0.374 e. The van der Waals surface area contributed by atoms with E-state index in [4.69, 9.17) is 0 Å². The summed E-state index contributed by atoms with van der Waals surface area (Å²) in [5.74, 6) is -0.860. The summed E-state index contributed by atoms with van der Waals surface area (Å²) in [7, 11) is 1.66. The Balaban J connectivity index is 2.55. The predicted octanol–water partition coefficient (Wildman–Crippen LogP) is 1.17. The molecule has 1 aliphatic heterocycles. The van der Waals surface area contributed by atoms with Gasteiger partial charge in [0, 0.05) is 18.2 Å². The highest BCUT2D eigenvalue weighted by Crippen LogP contribution is 2.34. The number of hydrogen-bond donors (Lipinski definition) is 1. The lowest BCUT2D eigenvalue weighted by Gasteiger charge is -2.12. The van der Waals surface area contributed by atoms with Crippen LogP contribution in [0.4, 0.5) is 10.1 Å². The van der Waals surface area contributed by atoms with Gasteiger partial charge in [-0.2, -0.15) is 4.39 Å². The van der Waals surface area contributed by atoms with Gasteiger partial charge in [-0.3, -0.25) is 15.0 Å². The van der Waals surface area contributed by atoms with Crippen molar-refractivity contribution in [2.75, 3.05) is 7.05 Å². The second-order valence-electron chi connectivity index (χ2n) is 3.55. The summed E-state index contributed by atoms with van der Waals surface area (Å²) in [4.78, 5) is 11.3. The molecule has 15 heavy (non-hydrogen) atoms. The van der Waals surface area contributed by atoms with Gasteiger partial charge >= 0.3 is 5.69 Å². The molecule has 1 aromatic carbocycles. The third-order valence-corrected chi connectivity index (χ3v) is 2.52. The maximum atomic E-state index is 13.2. The molecule has 0 saturated carbocycles. The van der Waals surface area contributed by atoms with Crippen LogP contribution < -0.4 is 0 Å². The van der Waals surface area contributed by atoms with Crippen LogP contribution in [0, 0.1) is 15.9 Å². The van der Waals surface area contributed by atoms with Crippen LogP contribution in [-0.4, -0.2) is 22.0 Å². The van der Waals surface area contributed by atoms with E-state index >= 15 is 0 Å². The van der Waals surface area contributed by atoms with Gasteiger partial charge < -0.3 is 5.11 Å². The molecule has 1 N–H and O–H groups in total. The molecule has 0 bridgehead atoms. The van der Waals surface area contributed by atoms with Crippen molar-refractivity contribution in [1.29, 1.82) is 0 Å². The molecule has 0 aromatic heterocycles. The molecule has 0 fully saturated rings. The number of benzene rings is 1. The molecule has 1 aromatic rings. The van der Waals surface area contributed by atoms with Crippen LogP contribution in [-0.2, 0) is 6.54 Å². The van der Waals surface area contributed by atoms with Crippen molar-refractivity contribution in [3.63, 3.8) is 0 Å². The molecule has 1 unspecified atom stereocenters. The van der Waals surface area contributed by atoms with Crippen molar-refractivity contribution in [3.8, 4) is 0 Å². The summed E-state index contributed by atoms with van der Waals surface area (Å²) in [5, 5.41) is 20.1. The van der Waals surface area contributed by atoms with E-state index in [-0.39, 0.29) is 0 Å². The zero-order chi connectivity index (χ0) is 11.2. The van der Waals surface area contributed by atoms with Gasteiger partial charge in [-0.1, -0.05) is 0 Å². The van der Waals surface area contributed by atoms with E-state index in [1.165, 1.54) is 0 Å². The van der Waals surface area contributed by atoms with E-state index in [9.17, 15) is 19.6 Å². The predicted molar refractivity (Wildman–Crippen MR) is 49.5 cm³/mol. The van der Waals surface area contributed by atoms with Gasteiger partial charge in [0.2, 0.25) is 5.82 Å². The average molecular weight is 212 g/mol. The summed E-state index contributed by atoms with van der Waals surface area (Å²) < 4.78 is 13.2. The number of fused-ring (bicyclic) bond motifs is 1. The van der Waals surface area contributed by atoms with Gasteiger partial charge in [0.25, 0.3) is 0 Å². The fourth-order valence-electron chi connectivity index (χ4n) is 1.73. The normalized spacial score (nSPS) is 20.3. The number of nitrogens with zero attached hydrogens (tertiary/aromatic N) is 2. The minimum absolute atomic E-state index is 0.394. The zero-order valence-electron chi connectivity index (χ0n) is 7.98. The molecular weight excluding hydrogens is 203 g/mol. The van der Waals surface area contributed by atoms with Crippen LogP contribution in [0.5, 0.6) is 0 Å². The number of aliphatic hydroxyl groups is 1. The lowest BCUT2D eigenvalue weighted by molar-refractivity contribution is -0.387. The molecular formula is C9H9FN2O3. The molecule has 0 amide bonds. The summed E-state index contributed by atoms with van der Waals surface area (Å²) in [5.41, 5.74) is 0.404. The van der Waals surface area contributed by atoms with Gasteiger partial charge in [-0.15, -0.1) is 0 Å². The molecule has 0 spiro atoms. The van der Waals surface area contributed by atoms with Crippen LogP contribution in [0.25, 0.3) is 0 Å². The molecule has 2 rings (SSSR count). The number of rotatable bonds is 1. The summed E-state index contributed by atoms with van der Waals surface area (Å²) in [6.45, 7) is 0.394. The Kier molecular flexibility index (Phi) is 2.17. The van der Waals surface area contributed by atoms with E-state index in [0.29, 0.717) is 17.7 Å². The molecule has 6 heteroatoms. The maximum absolute atomic E-state index is 13.2. The van der Waals surface area contributed by atoms with Gasteiger partial charge in [0.15, 0.2) is 0 Å². The fourth-order valence-corrected chi connectivity index (χ4v) is 1.73. The number of hydrogen-bond acceptors (Lipinski definition) is 4. The van der Waals surface area contributed by atoms with Crippen LogP contribution in [0.1, 0.15) is 17.4 Å². The van der Waals surface area contributed by atoms with Crippen LogP contribution >= 0.6 is 0 Å². The van der Waals surface area contributed by atoms with E-state index in [2.05, 4.69) is 0 Å². The van der Waals surface area contributed by atoms with Gasteiger partial charge in [0.05, 0.1) is 4.92 Å². The zero-order valence-corrected chi connectivity index (χ0v) is 7.98. The topological polar surface area (TPSA) is 66.6 Å². The largest absolute Gasteiger partial charge is 0.374 e. The highest BCUT2D eigenvalue weighted by Gasteiger charge is 2.29. The summed E-state index contributed by atoms with van der Waals surface area (Å²) in [6, 6.07) is 2.21. The van der Waals surface area contributed by atoms with Crippen molar-refractivity contribution < 1.29 is 14.4 Å². The highest BCUT2D eigenvalue weighted by molar-refractivity contribution is 5.44. The second-order valence-corrected chi connectivity index (χ2v) is 3.55. The Morgan fingerprint density at radius 3 is 2.93 bits per heavy atom. The number of aliphatic hydroxyl groups excluding tert-OH is 1. The summed E-state index contributed by atoms with van der Waals surface area (Å²) >= 11 is 0. The molecule has 0 aliphatic carbocycles. The molecule has 0 radical (unpaired) electrons. The highest BCUT2D eigenvalue weighted by atomic mass is 19.1. The van der Waals surface area contributed by atoms with Crippen molar-refractivity contribution in [3.05, 3.63) is 39.2 Å². The van der Waals surface area contributed by atoms with E-state index in [0.717, 1.165) is 12.1 Å². The molecule has 5 nitrogen and oxygen atoms in total. The Hall–Kier alpha value is -1.53. The van der Waals surface area contributed by atoms with Crippen LogP contribution in [0.3, 0.4) is 0 Å². The quantitative estimate of drug-likeness (QED) is 0.560. The molecule has 0 saturated heterocycles. The number of halogens is 1. The second kappa shape index (κ2) is 3.25. The lowest BCUT2D eigenvalue weighted by Crippen LogP contribution is -2.15. The first-order chi connectivity index (χ1) is 7.00. The third-order valence-electron chi connectivity index (χ3n) is 2.52. The summed E-state index contributed by atoms with van der Waals surface area (Å²) in [6.07, 6.45) is -0.890. The minimum atomic E-state index is -0.890. The van der Waals surface area contributed by atoms with Crippen molar-refractivity contribution in [2.24, 2.45) is 0 Å². The Morgan fingerprint density at radius 1 is 1.67 bits per heavy atom. The average Bonchev–Trinajstić information content (AvgIpc) is 2.41. The van der Waals surface area contributed by atoms with E-state index in [1.54, 1.807) is 11.9 Å². The number of nitro groups is 1. The SMILES string of the molecule is CN1Cc2cc(F)c([N+](=O)[O-])cc2C1O. The van der Waals surface area contributed by atoms with Crippen LogP contribution in [0.15, 0.2) is 12.1 Å². The van der Waals surface area contributed by atoms with Crippen molar-refractivity contribution in [1.82, 2.24) is 4.90 Å². The standard InChI is InChI=1S/C9H9FN2O3/c1-11-4-5-2-7(10)8(12(14)15)3-6(5)9(11)13/h2-3,9,13H,4H2,1H3. The van der Waals surface area contributed by atoms with Gasteiger partial charge in [-0.25, -0.2) is 0 Å². The first kappa shape index (κ1) is 10.0. The van der Waals surface area contributed by atoms with Gasteiger partial charge in [0.1, 0.15) is 6.23 Å². The molecule has 1 aliphatic rings. The van der Waals surface area contributed by atoms with Crippen molar-refractivity contribution >= 4 is 5.69 Å². The smallest absolute Gasteiger partial charge is 0.305 e. The van der Waals surface area contributed by atoms with Crippen LogP contribution in [0.2, 0.25) is 0 Å². The Bertz CT molecular complexity index is 436. The Morgan fingerprint density at radius 2 is 2.33 bits per heavy atom. The maximum Gasteiger partial charge on any atom is 0.305 e.